The van der Waals surface area contributed by atoms with Crippen LogP contribution in [0, 0.1) is 5.82 Å². The molecule has 1 fully saturated rings. The van der Waals surface area contributed by atoms with Crippen LogP contribution in [0.1, 0.15) is 31.7 Å². The molecule has 2 atom stereocenters. The second kappa shape index (κ2) is 5.26. The molecule has 4 nitrogen and oxygen atoms in total. The second-order valence-corrected chi connectivity index (χ2v) is 6.93. The van der Waals surface area contributed by atoms with E-state index in [1.54, 1.807) is 0 Å². The van der Waals surface area contributed by atoms with Crippen molar-refractivity contribution in [1.29, 1.82) is 0 Å². The van der Waals surface area contributed by atoms with E-state index in [1.165, 1.54) is 30.0 Å². The van der Waals surface area contributed by atoms with Crippen molar-refractivity contribution in [1.82, 2.24) is 4.90 Å². The lowest BCUT2D eigenvalue weighted by Crippen LogP contribution is -2.49. The summed E-state index contributed by atoms with van der Waals surface area (Å²) in [4.78, 5) is 13.2. The number of carboxylic acids is 1. The third-order valence-electron chi connectivity index (χ3n) is 3.32. The summed E-state index contributed by atoms with van der Waals surface area (Å²) in [5.41, 5.74) is 0.0179. The largest absolute Gasteiger partial charge is 0.508 e. The number of phenolic OH excluding ortho intramolecular Hbond substituents is 1. The first-order chi connectivity index (χ1) is 9.21. The van der Waals surface area contributed by atoms with Gasteiger partial charge in [0, 0.05) is 16.9 Å². The molecule has 20 heavy (non-hydrogen) atoms. The summed E-state index contributed by atoms with van der Waals surface area (Å²) in [5, 5.41) is 18.9. The molecule has 0 radical (unpaired) electrons. The minimum absolute atomic E-state index is 0.0100. The highest BCUT2D eigenvalue weighted by Gasteiger charge is 2.45. The van der Waals surface area contributed by atoms with Crippen molar-refractivity contribution in [2.75, 3.05) is 5.75 Å². The average molecular weight is 299 g/mol. The van der Waals surface area contributed by atoms with Gasteiger partial charge in [-0.2, -0.15) is 0 Å². The average Bonchev–Trinajstić information content (AvgIpc) is 2.76. The van der Waals surface area contributed by atoms with Crippen molar-refractivity contribution in [3.05, 3.63) is 29.6 Å². The number of hydrogen-bond acceptors (Lipinski definition) is 4. The van der Waals surface area contributed by atoms with Crippen molar-refractivity contribution in [2.24, 2.45) is 0 Å². The Balaban J connectivity index is 2.45. The summed E-state index contributed by atoms with van der Waals surface area (Å²) >= 11 is 1.41. The van der Waals surface area contributed by atoms with Crippen LogP contribution in [0.5, 0.6) is 5.75 Å². The maximum absolute atomic E-state index is 13.4. The third kappa shape index (κ3) is 2.76. The number of rotatable bonds is 2. The molecule has 1 aliphatic heterocycles. The zero-order valence-corrected chi connectivity index (χ0v) is 12.4. The lowest BCUT2D eigenvalue weighted by Gasteiger charge is -2.39. The minimum atomic E-state index is -0.897. The van der Waals surface area contributed by atoms with E-state index in [2.05, 4.69) is 0 Å². The molecule has 110 valence electrons. The molecule has 1 heterocycles. The van der Waals surface area contributed by atoms with Gasteiger partial charge >= 0.3 is 5.97 Å². The summed E-state index contributed by atoms with van der Waals surface area (Å²) in [5.74, 6) is -0.936. The molecular formula is C14H18FNO3S. The second-order valence-electron chi connectivity index (χ2n) is 5.82. The van der Waals surface area contributed by atoms with E-state index in [4.69, 9.17) is 0 Å². The van der Waals surface area contributed by atoms with Gasteiger partial charge in [0.1, 0.15) is 17.6 Å². The molecule has 0 aromatic heterocycles. The molecule has 1 aromatic rings. The van der Waals surface area contributed by atoms with Crippen LogP contribution in [0.3, 0.4) is 0 Å². The SMILES string of the molecule is CC(C)(C)N1[C@@H](c2cc(F)ccc2O)SC[C@H]1C(=O)O. The highest BCUT2D eigenvalue weighted by atomic mass is 32.2. The topological polar surface area (TPSA) is 60.8 Å². The Morgan fingerprint density at radius 2 is 2.10 bits per heavy atom. The van der Waals surface area contributed by atoms with Gasteiger partial charge in [0.2, 0.25) is 0 Å². The number of benzene rings is 1. The van der Waals surface area contributed by atoms with Crippen molar-refractivity contribution in [3.8, 4) is 5.75 Å². The van der Waals surface area contributed by atoms with Gasteiger partial charge in [0.05, 0.1) is 5.37 Å². The van der Waals surface area contributed by atoms with Crippen LogP contribution >= 0.6 is 11.8 Å². The van der Waals surface area contributed by atoms with Gasteiger partial charge in [-0.3, -0.25) is 9.69 Å². The first-order valence-corrected chi connectivity index (χ1v) is 7.38. The predicted octanol–water partition coefficient (Wildman–Crippen LogP) is 2.83. The number of nitrogens with zero attached hydrogens (tertiary/aromatic N) is 1. The van der Waals surface area contributed by atoms with E-state index in [0.29, 0.717) is 11.3 Å². The third-order valence-corrected chi connectivity index (χ3v) is 4.62. The number of carboxylic acid groups (broad SMARTS) is 1. The van der Waals surface area contributed by atoms with Crippen LogP contribution in [0.4, 0.5) is 4.39 Å². The fraction of sp³-hybridized carbons (Fsp3) is 0.500. The van der Waals surface area contributed by atoms with Crippen molar-refractivity contribution in [2.45, 2.75) is 37.7 Å². The number of aliphatic carboxylic acids is 1. The van der Waals surface area contributed by atoms with E-state index in [0.717, 1.165) is 0 Å². The standard InChI is InChI=1S/C14H18FNO3S/c1-14(2,3)16-10(13(18)19)7-20-12(16)9-6-8(15)4-5-11(9)17/h4-6,10,12,17H,7H2,1-3H3,(H,18,19)/t10-,12+/m0/s1. The molecule has 1 aliphatic rings. The van der Waals surface area contributed by atoms with Crippen LogP contribution in [-0.4, -0.2) is 38.4 Å². The van der Waals surface area contributed by atoms with E-state index in [9.17, 15) is 19.4 Å². The lowest BCUT2D eigenvalue weighted by atomic mass is 10.0. The van der Waals surface area contributed by atoms with Crippen LogP contribution in [0.2, 0.25) is 0 Å². The van der Waals surface area contributed by atoms with E-state index in [-0.39, 0.29) is 11.1 Å². The fourth-order valence-corrected chi connectivity index (χ4v) is 4.14. The summed E-state index contributed by atoms with van der Waals surface area (Å²) in [6.45, 7) is 5.74. The van der Waals surface area contributed by atoms with Gasteiger partial charge in [0.25, 0.3) is 0 Å². The Kier molecular flexibility index (Phi) is 3.97. The normalized spacial score (nSPS) is 24.0. The summed E-state index contributed by atoms with van der Waals surface area (Å²) in [6, 6.07) is 3.12. The van der Waals surface area contributed by atoms with Crippen molar-refractivity contribution < 1.29 is 19.4 Å². The Bertz CT molecular complexity index is 530. The highest BCUT2D eigenvalue weighted by molar-refractivity contribution is 7.99. The summed E-state index contributed by atoms with van der Waals surface area (Å²) in [7, 11) is 0. The molecule has 2 rings (SSSR count). The molecule has 2 N–H and O–H groups in total. The lowest BCUT2D eigenvalue weighted by molar-refractivity contribution is -0.144. The molecule has 0 saturated carbocycles. The Morgan fingerprint density at radius 1 is 1.45 bits per heavy atom. The number of phenols is 1. The van der Waals surface area contributed by atoms with Crippen molar-refractivity contribution in [3.63, 3.8) is 0 Å². The maximum atomic E-state index is 13.4. The van der Waals surface area contributed by atoms with Gasteiger partial charge < -0.3 is 10.2 Å². The monoisotopic (exact) mass is 299 g/mol. The highest BCUT2D eigenvalue weighted by Crippen LogP contribution is 2.47. The zero-order chi connectivity index (χ0) is 15.1. The zero-order valence-electron chi connectivity index (χ0n) is 11.6. The number of thioether (sulfide) groups is 1. The molecule has 6 heteroatoms. The van der Waals surface area contributed by atoms with Crippen molar-refractivity contribution >= 4 is 17.7 Å². The van der Waals surface area contributed by atoms with Crippen LogP contribution in [0.15, 0.2) is 18.2 Å². The molecule has 0 amide bonds. The van der Waals surface area contributed by atoms with Gasteiger partial charge in [-0.15, -0.1) is 11.8 Å². The smallest absolute Gasteiger partial charge is 0.321 e. The first-order valence-electron chi connectivity index (χ1n) is 6.33. The number of carbonyl (C=O) groups is 1. The summed E-state index contributed by atoms with van der Waals surface area (Å²) in [6.07, 6.45) is 0. The predicted molar refractivity (Wildman–Crippen MR) is 76.3 cm³/mol. The fourth-order valence-electron chi connectivity index (χ4n) is 2.48. The summed E-state index contributed by atoms with van der Waals surface area (Å²) < 4.78 is 13.4. The van der Waals surface area contributed by atoms with E-state index >= 15 is 0 Å². The number of halogens is 1. The quantitative estimate of drug-likeness (QED) is 0.879. The number of hydrogen-bond donors (Lipinski definition) is 2. The van der Waals surface area contributed by atoms with Crippen LogP contribution in [-0.2, 0) is 4.79 Å². The molecule has 0 aliphatic carbocycles. The maximum Gasteiger partial charge on any atom is 0.321 e. The van der Waals surface area contributed by atoms with Crippen LogP contribution in [0.25, 0.3) is 0 Å². The first kappa shape index (κ1) is 15.1. The van der Waals surface area contributed by atoms with E-state index < -0.39 is 23.4 Å². The molecule has 0 unspecified atom stereocenters. The van der Waals surface area contributed by atoms with Gasteiger partial charge in [0.15, 0.2) is 0 Å². The van der Waals surface area contributed by atoms with Gasteiger partial charge in [-0.25, -0.2) is 4.39 Å². The van der Waals surface area contributed by atoms with Crippen LogP contribution < -0.4 is 0 Å². The molecule has 1 aromatic carbocycles. The van der Waals surface area contributed by atoms with Gasteiger partial charge in [-0.1, -0.05) is 0 Å². The Morgan fingerprint density at radius 3 is 2.65 bits per heavy atom. The van der Waals surface area contributed by atoms with E-state index in [1.807, 2.05) is 25.7 Å². The molecule has 0 bridgehead atoms. The Labute approximate surface area is 121 Å². The minimum Gasteiger partial charge on any atom is -0.508 e. The Hall–Kier alpha value is -1.27. The molecular weight excluding hydrogens is 281 g/mol. The molecule has 0 spiro atoms. The van der Waals surface area contributed by atoms with Gasteiger partial charge in [-0.05, 0) is 39.0 Å². The molecule has 1 saturated heterocycles. The number of aromatic hydroxyl groups is 1.